The first-order valence-corrected chi connectivity index (χ1v) is 15.9. The second-order valence-electron chi connectivity index (χ2n) is 11.9. The molecule has 0 atom stereocenters. The number of aromatic nitrogens is 4. The highest BCUT2D eigenvalue weighted by atomic mass is 15.0. The molecular formula is C43H30N4. The molecule has 9 aromatic rings. The number of fused-ring (bicyclic) bond motifs is 6. The summed E-state index contributed by atoms with van der Waals surface area (Å²) in [6.07, 6.45) is 2.76. The maximum Gasteiger partial charge on any atom is 0.0971 e. The molecule has 47 heavy (non-hydrogen) atoms. The molecular weight excluding hydrogens is 573 g/mol. The summed E-state index contributed by atoms with van der Waals surface area (Å²) in [6.45, 7) is 3.97. The van der Waals surface area contributed by atoms with Crippen LogP contribution in [0.5, 0.6) is 0 Å². The molecule has 0 aliphatic heterocycles. The van der Waals surface area contributed by atoms with Crippen LogP contribution in [-0.2, 0) is 6.42 Å². The molecule has 222 valence electrons. The first-order valence-electron chi connectivity index (χ1n) is 15.9. The fourth-order valence-electron chi connectivity index (χ4n) is 6.92. The van der Waals surface area contributed by atoms with Crippen LogP contribution in [-0.4, -0.2) is 19.1 Å². The standard InChI is InChI=1S/C43H30N4/c1-2-12-29-21-24-39-35(27-29)43-41(26-23-37(45-43)31-15-7-4-8-16-31)47(39)33-18-11-17-32(28-33)46-38-20-10-9-19-34(38)42-40(46)25-22-36(44-42)30-13-5-3-6-14-30/h2-11,13-28H,1,12H2. The van der Waals surface area contributed by atoms with Crippen molar-refractivity contribution in [3.05, 3.63) is 170 Å². The SMILES string of the molecule is C=CCc1ccc2c(c1)c1nc(-c3ccccc3)ccc1n2-c1cccc(-n2c3ccccc3c3nc(-c4ccccc4)ccc32)c1. The lowest BCUT2D eigenvalue weighted by atomic mass is 10.1. The molecule has 0 aliphatic carbocycles. The topological polar surface area (TPSA) is 35.6 Å². The lowest BCUT2D eigenvalue weighted by molar-refractivity contribution is 1.13. The number of hydrogen-bond acceptors (Lipinski definition) is 2. The number of pyridine rings is 2. The number of benzene rings is 5. The summed E-state index contributed by atoms with van der Waals surface area (Å²) in [5, 5.41) is 2.27. The fourth-order valence-corrected chi connectivity index (χ4v) is 6.92. The molecule has 4 heteroatoms. The minimum absolute atomic E-state index is 0.810. The van der Waals surface area contributed by atoms with Gasteiger partial charge in [0.25, 0.3) is 0 Å². The van der Waals surface area contributed by atoms with E-state index in [0.717, 1.165) is 84.2 Å². The molecule has 0 radical (unpaired) electrons. The molecule has 0 amide bonds. The van der Waals surface area contributed by atoms with Gasteiger partial charge in [-0.25, -0.2) is 9.97 Å². The van der Waals surface area contributed by atoms with Gasteiger partial charge in [-0.15, -0.1) is 6.58 Å². The number of allylic oxidation sites excluding steroid dienone is 1. The molecule has 0 N–H and O–H groups in total. The van der Waals surface area contributed by atoms with Gasteiger partial charge in [0, 0.05) is 33.3 Å². The zero-order chi connectivity index (χ0) is 31.3. The lowest BCUT2D eigenvalue weighted by Crippen LogP contribution is -1.99. The van der Waals surface area contributed by atoms with Crippen LogP contribution in [0.25, 0.3) is 77.8 Å². The Morgan fingerprint density at radius 2 is 1.00 bits per heavy atom. The average molecular weight is 603 g/mol. The van der Waals surface area contributed by atoms with Gasteiger partial charge < -0.3 is 9.13 Å². The average Bonchev–Trinajstić information content (AvgIpc) is 3.64. The zero-order valence-electron chi connectivity index (χ0n) is 25.7. The maximum absolute atomic E-state index is 5.25. The third kappa shape index (κ3) is 4.45. The number of hydrogen-bond donors (Lipinski definition) is 0. The van der Waals surface area contributed by atoms with Gasteiger partial charge in [0.2, 0.25) is 0 Å². The van der Waals surface area contributed by atoms with E-state index < -0.39 is 0 Å². The number of nitrogens with zero attached hydrogens (tertiary/aromatic N) is 4. The fraction of sp³-hybridized carbons (Fsp3) is 0.0233. The summed E-state index contributed by atoms with van der Waals surface area (Å²) in [4.78, 5) is 10.4. The van der Waals surface area contributed by atoms with Crippen molar-refractivity contribution in [3.63, 3.8) is 0 Å². The lowest BCUT2D eigenvalue weighted by Gasteiger charge is -2.13. The van der Waals surface area contributed by atoms with Gasteiger partial charge in [-0.1, -0.05) is 97.1 Å². The van der Waals surface area contributed by atoms with Gasteiger partial charge in [0.15, 0.2) is 0 Å². The summed E-state index contributed by atoms with van der Waals surface area (Å²) in [5.41, 5.74) is 13.9. The van der Waals surface area contributed by atoms with Crippen molar-refractivity contribution in [2.45, 2.75) is 6.42 Å². The highest BCUT2D eigenvalue weighted by molar-refractivity contribution is 6.09. The van der Waals surface area contributed by atoms with Crippen molar-refractivity contribution in [2.24, 2.45) is 0 Å². The van der Waals surface area contributed by atoms with Crippen LogP contribution >= 0.6 is 0 Å². The maximum atomic E-state index is 5.25. The number of rotatable bonds is 6. The summed E-state index contributed by atoms with van der Waals surface area (Å²) >= 11 is 0. The molecule has 0 spiro atoms. The van der Waals surface area contributed by atoms with E-state index in [2.05, 4.69) is 155 Å². The smallest absolute Gasteiger partial charge is 0.0971 e. The van der Waals surface area contributed by atoms with Crippen molar-refractivity contribution in [1.29, 1.82) is 0 Å². The Hall–Kier alpha value is -6.26. The summed E-state index contributed by atoms with van der Waals surface area (Å²) in [5.74, 6) is 0. The molecule has 0 aliphatic rings. The summed E-state index contributed by atoms with van der Waals surface area (Å²) in [7, 11) is 0. The van der Waals surface area contributed by atoms with Gasteiger partial charge in [-0.3, -0.25) is 0 Å². The van der Waals surface area contributed by atoms with Crippen molar-refractivity contribution < 1.29 is 0 Å². The van der Waals surface area contributed by atoms with Gasteiger partial charge >= 0.3 is 0 Å². The van der Waals surface area contributed by atoms with Crippen molar-refractivity contribution in [2.75, 3.05) is 0 Å². The molecule has 0 fully saturated rings. The van der Waals surface area contributed by atoms with Crippen molar-refractivity contribution in [3.8, 4) is 33.9 Å². The first-order chi connectivity index (χ1) is 23.3. The third-order valence-electron chi connectivity index (χ3n) is 9.05. The molecule has 4 nitrogen and oxygen atoms in total. The minimum Gasteiger partial charge on any atom is -0.308 e. The van der Waals surface area contributed by atoms with Crippen LogP contribution in [0, 0.1) is 0 Å². The minimum atomic E-state index is 0.810. The monoisotopic (exact) mass is 602 g/mol. The van der Waals surface area contributed by atoms with Gasteiger partial charge in [-0.05, 0) is 72.6 Å². The second-order valence-corrected chi connectivity index (χ2v) is 11.9. The zero-order valence-corrected chi connectivity index (χ0v) is 25.7. The third-order valence-corrected chi connectivity index (χ3v) is 9.05. The quantitative estimate of drug-likeness (QED) is 0.178. The summed E-state index contributed by atoms with van der Waals surface area (Å²) < 4.78 is 4.67. The molecule has 0 bridgehead atoms. The van der Waals surface area contributed by atoms with Crippen molar-refractivity contribution >= 4 is 43.9 Å². The van der Waals surface area contributed by atoms with E-state index >= 15 is 0 Å². The second kappa shape index (κ2) is 11.0. The Morgan fingerprint density at radius 1 is 0.468 bits per heavy atom. The normalized spacial score (nSPS) is 11.6. The van der Waals surface area contributed by atoms with E-state index in [4.69, 9.17) is 9.97 Å². The molecule has 0 saturated heterocycles. The molecule has 0 unspecified atom stereocenters. The summed E-state index contributed by atoms with van der Waals surface area (Å²) in [6, 6.07) is 53.5. The van der Waals surface area contributed by atoms with E-state index in [-0.39, 0.29) is 0 Å². The Morgan fingerprint density at radius 3 is 1.62 bits per heavy atom. The van der Waals surface area contributed by atoms with Crippen LogP contribution < -0.4 is 0 Å². The van der Waals surface area contributed by atoms with Crippen molar-refractivity contribution in [1.82, 2.24) is 19.1 Å². The predicted molar refractivity (Wildman–Crippen MR) is 195 cm³/mol. The van der Waals surface area contributed by atoms with Gasteiger partial charge in [0.1, 0.15) is 0 Å². The van der Waals surface area contributed by atoms with E-state index in [0.29, 0.717) is 0 Å². The Balaban J connectivity index is 1.26. The van der Waals surface area contributed by atoms with E-state index in [9.17, 15) is 0 Å². The van der Waals surface area contributed by atoms with Crippen LogP contribution in [0.4, 0.5) is 0 Å². The predicted octanol–water partition coefficient (Wildman–Crippen LogP) is 10.7. The Bertz CT molecular complexity index is 2610. The van der Waals surface area contributed by atoms with Gasteiger partial charge in [0.05, 0.1) is 44.5 Å². The molecule has 4 heterocycles. The number of para-hydroxylation sites is 1. The molecule has 0 saturated carbocycles. The van der Waals surface area contributed by atoms with Crippen LogP contribution in [0.1, 0.15) is 5.56 Å². The molecule has 9 rings (SSSR count). The van der Waals surface area contributed by atoms with E-state index in [1.165, 1.54) is 5.56 Å². The largest absolute Gasteiger partial charge is 0.308 e. The highest BCUT2D eigenvalue weighted by Gasteiger charge is 2.18. The van der Waals surface area contributed by atoms with Crippen LogP contribution in [0.3, 0.4) is 0 Å². The van der Waals surface area contributed by atoms with Crippen LogP contribution in [0.2, 0.25) is 0 Å². The molecule has 4 aromatic heterocycles. The Kier molecular flexibility index (Phi) is 6.32. The van der Waals surface area contributed by atoms with Crippen LogP contribution in [0.15, 0.2) is 164 Å². The van der Waals surface area contributed by atoms with E-state index in [1.54, 1.807) is 0 Å². The first kappa shape index (κ1) is 27.1. The highest BCUT2D eigenvalue weighted by Crippen LogP contribution is 2.36. The van der Waals surface area contributed by atoms with E-state index in [1.807, 2.05) is 18.2 Å². The molecule has 5 aromatic carbocycles. The van der Waals surface area contributed by atoms with Gasteiger partial charge in [-0.2, -0.15) is 0 Å². The Labute approximate surface area is 272 Å².